The van der Waals surface area contributed by atoms with Gasteiger partial charge >= 0.3 is 6.03 Å². The highest BCUT2D eigenvalue weighted by Gasteiger charge is 2.58. The summed E-state index contributed by atoms with van der Waals surface area (Å²) in [5, 5.41) is 0.359. The number of likely N-dealkylation sites (tertiary alicyclic amines) is 1. The van der Waals surface area contributed by atoms with Crippen LogP contribution in [0.1, 0.15) is 43.7 Å². The van der Waals surface area contributed by atoms with Gasteiger partial charge in [0.2, 0.25) is 0 Å². The van der Waals surface area contributed by atoms with Gasteiger partial charge in [-0.3, -0.25) is 9.69 Å². The largest absolute Gasteiger partial charge is 0.372 e. The first-order valence-electron chi connectivity index (χ1n) is 14.5. The van der Waals surface area contributed by atoms with Gasteiger partial charge in [0, 0.05) is 50.5 Å². The van der Waals surface area contributed by atoms with Crippen LogP contribution in [0.3, 0.4) is 0 Å². The number of benzene rings is 3. The molecular weight excluding hydrogens is 532 g/mol. The Bertz CT molecular complexity index is 1500. The number of amides is 3. The Morgan fingerprint density at radius 1 is 0.902 bits per heavy atom. The molecule has 6 rings (SSSR count). The van der Waals surface area contributed by atoms with Crippen LogP contribution in [0, 0.1) is 12.3 Å². The maximum Gasteiger partial charge on any atom is 0.332 e. The lowest BCUT2D eigenvalue weighted by molar-refractivity contribution is -0.127. The van der Waals surface area contributed by atoms with Crippen LogP contribution in [0.2, 0.25) is 5.02 Å². The maximum absolute atomic E-state index is 14.0. The normalized spacial score (nSPS) is 18.9. The predicted octanol–water partition coefficient (Wildman–Crippen LogP) is 6.41. The average molecular weight is 567 g/mol. The van der Waals surface area contributed by atoms with E-state index in [9.17, 15) is 9.59 Å². The number of carbonyl (C=O) groups is 2. The molecule has 0 bridgehead atoms. The van der Waals surface area contributed by atoms with Gasteiger partial charge in [-0.25, -0.2) is 9.69 Å². The fourth-order valence-electron chi connectivity index (χ4n) is 6.63. The molecular formula is C34H35ClN4O2. The summed E-state index contributed by atoms with van der Waals surface area (Å²) in [5.41, 5.74) is 4.73. The average Bonchev–Trinajstić information content (AvgIpc) is 3.61. The number of terminal acetylenes is 1. The van der Waals surface area contributed by atoms with Gasteiger partial charge in [-0.2, -0.15) is 0 Å². The van der Waals surface area contributed by atoms with E-state index in [0.717, 1.165) is 49.4 Å². The number of hydrogen-bond donors (Lipinski definition) is 0. The fraction of sp³-hybridized carbons (Fsp3) is 0.353. The molecule has 0 N–H and O–H groups in total. The number of anilines is 2. The van der Waals surface area contributed by atoms with Crippen molar-refractivity contribution in [3.8, 4) is 23.5 Å². The third kappa shape index (κ3) is 4.98. The molecule has 3 amide bonds. The number of carbonyl (C=O) groups excluding carboxylic acids is 2. The molecule has 3 heterocycles. The van der Waals surface area contributed by atoms with Gasteiger partial charge in [-0.15, -0.1) is 6.42 Å². The summed E-state index contributed by atoms with van der Waals surface area (Å²) in [5.74, 6) is 2.47. The molecule has 3 aromatic rings. The number of urea groups is 1. The summed E-state index contributed by atoms with van der Waals surface area (Å²) in [4.78, 5) is 35.6. The molecule has 210 valence electrons. The Morgan fingerprint density at radius 3 is 2.27 bits per heavy atom. The molecule has 0 saturated carbocycles. The summed E-state index contributed by atoms with van der Waals surface area (Å²) < 4.78 is 0. The van der Waals surface area contributed by atoms with E-state index in [1.165, 1.54) is 29.0 Å². The highest BCUT2D eigenvalue weighted by Crippen LogP contribution is 2.42. The first-order chi connectivity index (χ1) is 19.9. The molecule has 0 unspecified atom stereocenters. The van der Waals surface area contributed by atoms with Crippen LogP contribution in [0.15, 0.2) is 66.7 Å². The summed E-state index contributed by atoms with van der Waals surface area (Å²) in [6, 6.07) is 21.7. The second kappa shape index (κ2) is 11.2. The van der Waals surface area contributed by atoms with Crippen molar-refractivity contribution in [2.75, 3.05) is 42.5 Å². The first-order valence-corrected chi connectivity index (χ1v) is 14.9. The standard InChI is InChI=1S/C34H35ClN4O2/c1-3-25-8-7-9-27(22-25)28-12-15-31(30(35)23-28)39-32(40)34(38(4-2)33(39)41)16-20-36(21-17-34)24-26-10-13-29(14-11-26)37-18-5-6-19-37/h1,7-15,22-23H,4-6,16-21,24H2,2H3. The Kier molecular flexibility index (Phi) is 7.50. The molecule has 6 nitrogen and oxygen atoms in total. The van der Waals surface area contributed by atoms with Crippen LogP contribution in [0.25, 0.3) is 11.1 Å². The molecule has 1 spiro atoms. The minimum atomic E-state index is -0.842. The van der Waals surface area contributed by atoms with Crippen LogP contribution in [0.5, 0.6) is 0 Å². The smallest absolute Gasteiger partial charge is 0.332 e. The van der Waals surface area contributed by atoms with Gasteiger partial charge in [0.25, 0.3) is 5.91 Å². The Labute approximate surface area is 247 Å². The van der Waals surface area contributed by atoms with Crippen LogP contribution < -0.4 is 9.80 Å². The van der Waals surface area contributed by atoms with Crippen LogP contribution >= 0.6 is 11.6 Å². The van der Waals surface area contributed by atoms with Crippen LogP contribution in [-0.4, -0.2) is 60.0 Å². The molecule has 0 aromatic heterocycles. The third-order valence-electron chi connectivity index (χ3n) is 8.90. The van der Waals surface area contributed by atoms with Gasteiger partial charge < -0.3 is 9.80 Å². The van der Waals surface area contributed by atoms with Crippen molar-refractivity contribution in [2.45, 2.75) is 44.7 Å². The number of rotatable bonds is 6. The zero-order valence-electron chi connectivity index (χ0n) is 23.5. The van der Waals surface area contributed by atoms with Crippen LogP contribution in [-0.2, 0) is 11.3 Å². The zero-order valence-corrected chi connectivity index (χ0v) is 24.2. The second-order valence-electron chi connectivity index (χ2n) is 11.2. The predicted molar refractivity (Wildman–Crippen MR) is 165 cm³/mol. The number of nitrogens with zero attached hydrogens (tertiary/aromatic N) is 4. The van der Waals surface area contributed by atoms with Crippen molar-refractivity contribution in [1.29, 1.82) is 0 Å². The lowest BCUT2D eigenvalue weighted by Crippen LogP contribution is -2.56. The molecule has 3 aromatic carbocycles. The number of piperidine rings is 1. The van der Waals surface area contributed by atoms with Crippen molar-refractivity contribution in [3.63, 3.8) is 0 Å². The van der Waals surface area contributed by atoms with E-state index in [1.807, 2.05) is 37.3 Å². The van der Waals surface area contributed by atoms with E-state index in [4.69, 9.17) is 18.0 Å². The molecule has 0 atom stereocenters. The molecule has 3 aliphatic rings. The van der Waals surface area contributed by atoms with E-state index >= 15 is 0 Å². The second-order valence-corrected chi connectivity index (χ2v) is 11.6. The summed E-state index contributed by atoms with van der Waals surface area (Å²) in [6.07, 6.45) is 9.30. The molecule has 0 radical (unpaired) electrons. The molecule has 3 fully saturated rings. The van der Waals surface area contributed by atoms with Crippen molar-refractivity contribution >= 4 is 34.9 Å². The topological polar surface area (TPSA) is 47.1 Å². The Balaban J connectivity index is 1.17. The van der Waals surface area contributed by atoms with Gasteiger partial charge in [0.15, 0.2) is 0 Å². The number of imide groups is 1. The lowest BCUT2D eigenvalue weighted by Gasteiger charge is -2.41. The number of halogens is 1. The molecule has 3 saturated heterocycles. The van der Waals surface area contributed by atoms with Crippen molar-refractivity contribution < 1.29 is 9.59 Å². The SMILES string of the molecule is C#Cc1cccc(-c2ccc(N3C(=O)N(CC)C4(CCN(Cc5ccc(N6CCCC6)cc5)CC4)C3=O)c(Cl)c2)c1. The van der Waals surface area contributed by atoms with E-state index in [-0.39, 0.29) is 11.9 Å². The maximum atomic E-state index is 14.0. The van der Waals surface area contributed by atoms with Crippen molar-refractivity contribution in [2.24, 2.45) is 0 Å². The van der Waals surface area contributed by atoms with E-state index < -0.39 is 5.54 Å². The number of likely N-dealkylation sites (N-methyl/N-ethyl adjacent to an activating group) is 1. The van der Waals surface area contributed by atoms with E-state index in [2.05, 4.69) is 40.0 Å². The van der Waals surface area contributed by atoms with Crippen molar-refractivity contribution in [3.05, 3.63) is 82.9 Å². The minimum absolute atomic E-state index is 0.178. The molecule has 0 aliphatic carbocycles. The zero-order chi connectivity index (χ0) is 28.6. The highest BCUT2D eigenvalue weighted by molar-refractivity contribution is 6.36. The van der Waals surface area contributed by atoms with Crippen LogP contribution in [0.4, 0.5) is 16.2 Å². The van der Waals surface area contributed by atoms with Gasteiger partial charge in [0.1, 0.15) is 5.54 Å². The fourth-order valence-corrected chi connectivity index (χ4v) is 6.90. The van der Waals surface area contributed by atoms with Gasteiger partial charge in [-0.1, -0.05) is 47.9 Å². The molecule has 41 heavy (non-hydrogen) atoms. The van der Waals surface area contributed by atoms with E-state index in [1.54, 1.807) is 17.0 Å². The summed E-state index contributed by atoms with van der Waals surface area (Å²) >= 11 is 6.73. The first kappa shape index (κ1) is 27.4. The molecule has 3 aliphatic heterocycles. The Morgan fingerprint density at radius 2 is 1.61 bits per heavy atom. The van der Waals surface area contributed by atoms with Gasteiger partial charge in [0.05, 0.1) is 10.7 Å². The summed E-state index contributed by atoms with van der Waals surface area (Å²) in [7, 11) is 0. The summed E-state index contributed by atoms with van der Waals surface area (Å²) in [6.45, 7) is 7.01. The lowest BCUT2D eigenvalue weighted by atomic mass is 9.85. The number of hydrogen-bond acceptors (Lipinski definition) is 4. The quantitative estimate of drug-likeness (QED) is 0.255. The highest BCUT2D eigenvalue weighted by atomic mass is 35.5. The third-order valence-corrected chi connectivity index (χ3v) is 9.21. The van der Waals surface area contributed by atoms with E-state index in [0.29, 0.717) is 30.1 Å². The minimum Gasteiger partial charge on any atom is -0.372 e. The Hall–Kier alpha value is -3.79. The van der Waals surface area contributed by atoms with Crippen molar-refractivity contribution in [1.82, 2.24) is 9.80 Å². The monoisotopic (exact) mass is 566 g/mol. The van der Waals surface area contributed by atoms with Gasteiger partial charge in [-0.05, 0) is 85.7 Å². The molecule has 7 heteroatoms.